The van der Waals surface area contributed by atoms with Gasteiger partial charge in [0.15, 0.2) is 0 Å². The fraction of sp³-hybridized carbons (Fsp3) is 0.541. The van der Waals surface area contributed by atoms with Crippen LogP contribution in [0, 0.1) is 11.2 Å². The molecule has 2 fully saturated rings. The standard InChI is InChI=1S/C37H50FN5O8/c1-23(41(8)35(48)49-22-24-12-10-9-11-13-24)32(45)40-31(36(2,3)4)33(46)42-19-18-27-30(42)28(50-26-16-14-25(38)15-17-26)21-43(27)29(44)20-39-34(47)51-37(5,6)7/h9-17,23,27-28,30-31H,18-22H2,1-8H3,(H,39,47)(H,40,45). The largest absolute Gasteiger partial charge is 0.486 e. The predicted octanol–water partition coefficient (Wildman–Crippen LogP) is 4.10. The fourth-order valence-corrected chi connectivity index (χ4v) is 6.16. The number of benzene rings is 2. The molecule has 0 aromatic heterocycles. The Kier molecular flexibility index (Phi) is 12.2. The Bertz CT molecular complexity index is 1560. The lowest BCUT2D eigenvalue weighted by Crippen LogP contribution is -2.60. The Morgan fingerprint density at radius 3 is 2.22 bits per heavy atom. The molecule has 2 aliphatic heterocycles. The van der Waals surface area contributed by atoms with Gasteiger partial charge in [0.2, 0.25) is 17.7 Å². The van der Waals surface area contributed by atoms with Crippen LogP contribution in [0.1, 0.15) is 60.5 Å². The lowest BCUT2D eigenvalue weighted by molar-refractivity contribution is -0.142. The minimum absolute atomic E-state index is 0.0384. The van der Waals surface area contributed by atoms with Crippen molar-refractivity contribution in [2.45, 2.75) is 97.4 Å². The lowest BCUT2D eigenvalue weighted by Gasteiger charge is -2.37. The average molecular weight is 712 g/mol. The van der Waals surface area contributed by atoms with E-state index in [2.05, 4.69) is 10.6 Å². The molecular weight excluding hydrogens is 661 g/mol. The van der Waals surface area contributed by atoms with Gasteiger partial charge >= 0.3 is 12.2 Å². The van der Waals surface area contributed by atoms with Crippen LogP contribution >= 0.6 is 0 Å². The highest BCUT2D eigenvalue weighted by Crippen LogP contribution is 2.36. The molecule has 2 saturated heterocycles. The third kappa shape index (κ3) is 10.1. The van der Waals surface area contributed by atoms with Crippen LogP contribution in [-0.4, -0.2) is 107 Å². The molecule has 2 aromatic carbocycles. The molecule has 0 bridgehead atoms. The molecule has 2 aromatic rings. The number of hydrogen-bond donors (Lipinski definition) is 2. The number of carbonyl (C=O) groups excluding carboxylic acids is 5. The second kappa shape index (κ2) is 16.0. The van der Waals surface area contributed by atoms with E-state index in [1.807, 2.05) is 51.1 Å². The molecule has 13 nitrogen and oxygen atoms in total. The maximum Gasteiger partial charge on any atom is 0.410 e. The average Bonchev–Trinajstić information content (AvgIpc) is 3.65. The van der Waals surface area contributed by atoms with Crippen LogP contribution < -0.4 is 15.4 Å². The van der Waals surface area contributed by atoms with Crippen LogP contribution in [0.4, 0.5) is 14.0 Å². The number of carbonyl (C=O) groups is 5. The van der Waals surface area contributed by atoms with Gasteiger partial charge in [0.25, 0.3) is 0 Å². The van der Waals surface area contributed by atoms with Crippen molar-refractivity contribution in [2.24, 2.45) is 5.41 Å². The van der Waals surface area contributed by atoms with E-state index in [1.54, 1.807) is 37.5 Å². The van der Waals surface area contributed by atoms with Gasteiger partial charge in [-0.2, -0.15) is 0 Å². The van der Waals surface area contributed by atoms with E-state index in [9.17, 15) is 28.4 Å². The molecule has 0 radical (unpaired) electrons. The second-order valence-corrected chi connectivity index (χ2v) is 15.0. The quantitative estimate of drug-likeness (QED) is 0.375. The normalized spacial score (nSPS) is 19.7. The van der Waals surface area contributed by atoms with Crippen molar-refractivity contribution < 1.29 is 42.6 Å². The first-order valence-electron chi connectivity index (χ1n) is 17.1. The number of ether oxygens (including phenoxy) is 3. The zero-order valence-electron chi connectivity index (χ0n) is 30.6. The van der Waals surface area contributed by atoms with Crippen LogP contribution in [0.15, 0.2) is 54.6 Å². The number of rotatable bonds is 10. The van der Waals surface area contributed by atoms with Crippen LogP contribution in [0.25, 0.3) is 0 Å². The highest BCUT2D eigenvalue weighted by atomic mass is 19.1. The molecule has 51 heavy (non-hydrogen) atoms. The van der Waals surface area contributed by atoms with Gasteiger partial charge < -0.3 is 34.6 Å². The van der Waals surface area contributed by atoms with Gasteiger partial charge in [0, 0.05) is 13.6 Å². The molecule has 5 amide bonds. The molecule has 2 heterocycles. The van der Waals surface area contributed by atoms with Crippen molar-refractivity contribution in [1.29, 1.82) is 0 Å². The summed E-state index contributed by atoms with van der Waals surface area (Å²) >= 11 is 0. The SMILES string of the molecule is CC(C(=O)NC(C(=O)N1CCC2C1C(Oc1ccc(F)cc1)CN2C(=O)CNC(=O)OC(C)(C)C)C(C)(C)C)N(C)C(=O)OCc1ccccc1. The number of fused-ring (bicyclic) bond motifs is 1. The number of halogens is 1. The summed E-state index contributed by atoms with van der Waals surface area (Å²) in [4.78, 5) is 71.0. The number of nitrogens with one attached hydrogen (secondary N) is 2. The predicted molar refractivity (Wildman–Crippen MR) is 186 cm³/mol. The van der Waals surface area contributed by atoms with Crippen molar-refractivity contribution in [1.82, 2.24) is 25.3 Å². The summed E-state index contributed by atoms with van der Waals surface area (Å²) in [6.45, 7) is 12.3. The van der Waals surface area contributed by atoms with Gasteiger partial charge in [0.1, 0.15) is 48.5 Å². The topological polar surface area (TPSA) is 147 Å². The highest BCUT2D eigenvalue weighted by Gasteiger charge is 2.54. The maximum absolute atomic E-state index is 14.4. The maximum atomic E-state index is 14.4. The molecule has 14 heteroatoms. The summed E-state index contributed by atoms with van der Waals surface area (Å²) < 4.78 is 30.6. The Hall–Kier alpha value is -4.88. The Balaban J connectivity index is 1.50. The number of likely N-dealkylation sites (N-methyl/N-ethyl adjacent to an activating group) is 1. The van der Waals surface area contributed by atoms with Gasteiger partial charge in [-0.05, 0) is 69.4 Å². The van der Waals surface area contributed by atoms with E-state index in [0.29, 0.717) is 12.2 Å². The summed E-state index contributed by atoms with van der Waals surface area (Å²) in [6.07, 6.45) is -1.70. The number of amides is 5. The smallest absolute Gasteiger partial charge is 0.410 e. The van der Waals surface area contributed by atoms with Gasteiger partial charge in [0.05, 0.1) is 18.6 Å². The molecule has 278 valence electrons. The van der Waals surface area contributed by atoms with Crippen LogP contribution in [0.2, 0.25) is 0 Å². The second-order valence-electron chi connectivity index (χ2n) is 15.0. The molecule has 0 saturated carbocycles. The minimum atomic E-state index is -1.01. The van der Waals surface area contributed by atoms with Crippen molar-refractivity contribution in [3.05, 3.63) is 66.0 Å². The van der Waals surface area contributed by atoms with E-state index in [1.165, 1.54) is 36.2 Å². The van der Waals surface area contributed by atoms with E-state index >= 15 is 0 Å². The van der Waals surface area contributed by atoms with Gasteiger partial charge in [-0.15, -0.1) is 0 Å². The summed E-state index contributed by atoms with van der Waals surface area (Å²) in [6, 6.07) is 11.6. The number of nitrogens with zero attached hydrogens (tertiary/aromatic N) is 3. The first kappa shape index (κ1) is 38.9. The third-order valence-corrected chi connectivity index (χ3v) is 8.92. The highest BCUT2D eigenvalue weighted by molar-refractivity contribution is 5.92. The van der Waals surface area contributed by atoms with Crippen LogP contribution in [-0.2, 0) is 30.5 Å². The van der Waals surface area contributed by atoms with Gasteiger partial charge in [-0.1, -0.05) is 51.1 Å². The Morgan fingerprint density at radius 2 is 1.61 bits per heavy atom. The summed E-state index contributed by atoms with van der Waals surface area (Å²) in [5, 5.41) is 5.38. The zero-order valence-corrected chi connectivity index (χ0v) is 30.6. The fourth-order valence-electron chi connectivity index (χ4n) is 6.16. The molecule has 0 spiro atoms. The summed E-state index contributed by atoms with van der Waals surface area (Å²) in [7, 11) is 1.45. The van der Waals surface area contributed by atoms with E-state index in [-0.39, 0.29) is 38.1 Å². The van der Waals surface area contributed by atoms with Crippen LogP contribution in [0.3, 0.4) is 0 Å². The number of hydrogen-bond acceptors (Lipinski definition) is 8. The van der Waals surface area contributed by atoms with Crippen molar-refractivity contribution >= 4 is 29.9 Å². The Labute approximate surface area is 298 Å². The van der Waals surface area contributed by atoms with Crippen molar-refractivity contribution in [2.75, 3.05) is 26.7 Å². The van der Waals surface area contributed by atoms with Gasteiger partial charge in [-0.3, -0.25) is 19.3 Å². The Morgan fingerprint density at radius 1 is 0.961 bits per heavy atom. The third-order valence-electron chi connectivity index (χ3n) is 8.92. The molecule has 5 unspecified atom stereocenters. The molecular formula is C37H50FN5O8. The first-order chi connectivity index (χ1) is 23.9. The first-order valence-corrected chi connectivity index (χ1v) is 17.1. The molecule has 0 aliphatic carbocycles. The van der Waals surface area contributed by atoms with E-state index in [0.717, 1.165) is 5.56 Å². The van der Waals surface area contributed by atoms with Crippen LogP contribution in [0.5, 0.6) is 5.75 Å². The summed E-state index contributed by atoms with van der Waals surface area (Å²) in [5.41, 5.74) is -0.702. The lowest BCUT2D eigenvalue weighted by atomic mass is 9.85. The zero-order chi connectivity index (χ0) is 37.7. The van der Waals surface area contributed by atoms with Crippen molar-refractivity contribution in [3.8, 4) is 5.75 Å². The van der Waals surface area contributed by atoms with Gasteiger partial charge in [-0.25, -0.2) is 14.0 Å². The van der Waals surface area contributed by atoms with E-state index < -0.39 is 65.2 Å². The molecule has 4 rings (SSSR count). The number of alkyl carbamates (subject to hydrolysis) is 1. The molecule has 2 N–H and O–H groups in total. The summed E-state index contributed by atoms with van der Waals surface area (Å²) in [5.74, 6) is -1.39. The number of likely N-dealkylation sites (tertiary alicyclic amines) is 2. The van der Waals surface area contributed by atoms with E-state index in [4.69, 9.17) is 14.2 Å². The minimum Gasteiger partial charge on any atom is -0.486 e. The molecule has 2 aliphatic rings. The monoisotopic (exact) mass is 711 g/mol. The van der Waals surface area contributed by atoms with Crippen molar-refractivity contribution in [3.63, 3.8) is 0 Å². The molecule has 5 atom stereocenters.